The first-order valence-corrected chi connectivity index (χ1v) is 11.6. The van der Waals surface area contributed by atoms with Gasteiger partial charge < -0.3 is 10.2 Å². The topological polar surface area (TPSA) is 34.1 Å². The minimum absolute atomic E-state index is 0. The third kappa shape index (κ3) is 6.65. The van der Waals surface area contributed by atoms with E-state index in [2.05, 4.69) is 39.1 Å². The lowest BCUT2D eigenvalue weighted by Crippen LogP contribution is -2.43. The SMILES string of the molecule is CCNC(=NCC1CCN(Cc2ccccc2F)CC1)N1CCC(N2CC=CC2)C1.I. The normalized spacial score (nSPS) is 23.4. The van der Waals surface area contributed by atoms with E-state index in [-0.39, 0.29) is 29.8 Å². The van der Waals surface area contributed by atoms with Crippen molar-refractivity contribution in [3.05, 3.63) is 47.8 Å². The quantitative estimate of drug-likeness (QED) is 0.259. The summed E-state index contributed by atoms with van der Waals surface area (Å²) in [6.07, 6.45) is 8.06. The Hall–Kier alpha value is -1.19. The molecule has 3 aliphatic heterocycles. The van der Waals surface area contributed by atoms with E-state index in [1.807, 2.05) is 12.1 Å². The summed E-state index contributed by atoms with van der Waals surface area (Å²) in [6, 6.07) is 7.78. The summed E-state index contributed by atoms with van der Waals surface area (Å²) >= 11 is 0. The molecule has 0 aliphatic carbocycles. The Morgan fingerprint density at radius 1 is 1.10 bits per heavy atom. The summed E-state index contributed by atoms with van der Waals surface area (Å²) in [5.41, 5.74) is 0.806. The second kappa shape index (κ2) is 12.2. The zero-order chi connectivity index (χ0) is 20.8. The lowest BCUT2D eigenvalue weighted by Gasteiger charge is -2.32. The Bertz CT molecular complexity index is 739. The van der Waals surface area contributed by atoms with Crippen molar-refractivity contribution >= 4 is 29.9 Å². The molecule has 1 atom stereocenters. The lowest BCUT2D eigenvalue weighted by molar-refractivity contribution is 0.178. The number of hydrogen-bond acceptors (Lipinski definition) is 3. The first-order valence-electron chi connectivity index (χ1n) is 11.6. The fraction of sp³-hybridized carbons (Fsp3) is 0.625. The summed E-state index contributed by atoms with van der Waals surface area (Å²) in [7, 11) is 0. The van der Waals surface area contributed by atoms with Gasteiger partial charge in [0.1, 0.15) is 5.82 Å². The van der Waals surface area contributed by atoms with Crippen LogP contribution in [0.25, 0.3) is 0 Å². The third-order valence-corrected chi connectivity index (χ3v) is 6.72. The molecule has 4 rings (SSSR count). The monoisotopic (exact) mass is 541 g/mol. The van der Waals surface area contributed by atoms with Gasteiger partial charge in [-0.2, -0.15) is 0 Å². The van der Waals surface area contributed by atoms with Crippen LogP contribution in [0.5, 0.6) is 0 Å². The average Bonchev–Trinajstić information content (AvgIpc) is 3.46. The molecule has 0 amide bonds. The van der Waals surface area contributed by atoms with E-state index in [1.165, 1.54) is 6.42 Å². The number of nitrogens with zero attached hydrogens (tertiary/aromatic N) is 4. The molecule has 0 radical (unpaired) electrons. The van der Waals surface area contributed by atoms with Gasteiger partial charge in [-0.15, -0.1) is 24.0 Å². The zero-order valence-electron chi connectivity index (χ0n) is 18.7. The van der Waals surface area contributed by atoms with Crippen LogP contribution in [0, 0.1) is 11.7 Å². The van der Waals surface area contributed by atoms with Crippen molar-refractivity contribution in [1.29, 1.82) is 0 Å². The molecule has 7 heteroatoms. The van der Waals surface area contributed by atoms with Crippen LogP contribution in [0.15, 0.2) is 41.4 Å². The number of benzene rings is 1. The minimum Gasteiger partial charge on any atom is -0.357 e. The first-order chi connectivity index (χ1) is 14.7. The Morgan fingerprint density at radius 2 is 1.84 bits per heavy atom. The van der Waals surface area contributed by atoms with Crippen molar-refractivity contribution in [2.75, 3.05) is 52.4 Å². The summed E-state index contributed by atoms with van der Waals surface area (Å²) in [5, 5.41) is 3.51. The van der Waals surface area contributed by atoms with Gasteiger partial charge in [-0.25, -0.2) is 4.39 Å². The van der Waals surface area contributed by atoms with Crippen LogP contribution < -0.4 is 5.32 Å². The molecular weight excluding hydrogens is 504 g/mol. The molecule has 0 bridgehead atoms. The molecule has 2 fully saturated rings. The van der Waals surface area contributed by atoms with Gasteiger partial charge in [-0.05, 0) is 51.3 Å². The van der Waals surface area contributed by atoms with Crippen molar-refractivity contribution in [1.82, 2.24) is 20.0 Å². The number of guanidine groups is 1. The summed E-state index contributed by atoms with van der Waals surface area (Å²) < 4.78 is 13.9. The average molecular weight is 541 g/mol. The van der Waals surface area contributed by atoms with Gasteiger partial charge in [0.15, 0.2) is 5.96 Å². The molecule has 5 nitrogen and oxygen atoms in total. The van der Waals surface area contributed by atoms with Gasteiger partial charge in [0.05, 0.1) is 0 Å². The molecule has 3 aliphatic rings. The van der Waals surface area contributed by atoms with Crippen molar-refractivity contribution in [2.24, 2.45) is 10.9 Å². The van der Waals surface area contributed by atoms with Gasteiger partial charge >= 0.3 is 0 Å². The Morgan fingerprint density at radius 3 is 2.55 bits per heavy atom. The molecule has 2 saturated heterocycles. The predicted molar refractivity (Wildman–Crippen MR) is 136 cm³/mol. The molecule has 1 aromatic carbocycles. The lowest BCUT2D eigenvalue weighted by atomic mass is 9.96. The number of likely N-dealkylation sites (tertiary alicyclic amines) is 2. The molecule has 0 saturated carbocycles. The number of hydrogen-bond donors (Lipinski definition) is 1. The Labute approximate surface area is 203 Å². The van der Waals surface area contributed by atoms with Crippen LogP contribution in [0.4, 0.5) is 4.39 Å². The van der Waals surface area contributed by atoms with Gasteiger partial charge in [0.2, 0.25) is 0 Å². The molecule has 3 heterocycles. The summed E-state index contributed by atoms with van der Waals surface area (Å²) in [4.78, 5) is 12.4. The largest absolute Gasteiger partial charge is 0.357 e. The van der Waals surface area contributed by atoms with Crippen LogP contribution in [-0.2, 0) is 6.54 Å². The minimum atomic E-state index is -0.0897. The Kier molecular flexibility index (Phi) is 9.59. The van der Waals surface area contributed by atoms with Gasteiger partial charge in [-0.3, -0.25) is 14.8 Å². The third-order valence-electron chi connectivity index (χ3n) is 6.72. The van der Waals surface area contributed by atoms with Crippen LogP contribution in [0.3, 0.4) is 0 Å². The van der Waals surface area contributed by atoms with Crippen molar-refractivity contribution < 1.29 is 4.39 Å². The number of piperidine rings is 1. The van der Waals surface area contributed by atoms with E-state index in [1.54, 1.807) is 12.1 Å². The highest BCUT2D eigenvalue weighted by molar-refractivity contribution is 14.0. The molecule has 0 aromatic heterocycles. The highest BCUT2D eigenvalue weighted by Crippen LogP contribution is 2.21. The fourth-order valence-electron chi connectivity index (χ4n) is 4.86. The van der Waals surface area contributed by atoms with Crippen LogP contribution in [0.1, 0.15) is 31.7 Å². The first kappa shape index (κ1) is 24.5. The van der Waals surface area contributed by atoms with E-state index >= 15 is 0 Å². The van der Waals surface area contributed by atoms with Crippen molar-refractivity contribution in [2.45, 2.75) is 38.8 Å². The number of rotatable bonds is 6. The number of aliphatic imine (C=N–C) groups is 1. The predicted octanol–water partition coefficient (Wildman–Crippen LogP) is 3.57. The van der Waals surface area contributed by atoms with E-state index in [0.717, 1.165) is 76.7 Å². The fourth-order valence-corrected chi connectivity index (χ4v) is 4.86. The van der Waals surface area contributed by atoms with E-state index < -0.39 is 0 Å². The maximum Gasteiger partial charge on any atom is 0.193 e. The Balaban J connectivity index is 0.00000272. The van der Waals surface area contributed by atoms with Crippen LogP contribution >= 0.6 is 24.0 Å². The molecular formula is C24H37FIN5. The number of halogens is 2. The van der Waals surface area contributed by atoms with Gasteiger partial charge in [-0.1, -0.05) is 30.4 Å². The number of nitrogens with one attached hydrogen (secondary N) is 1. The van der Waals surface area contributed by atoms with Crippen molar-refractivity contribution in [3.8, 4) is 0 Å². The smallest absolute Gasteiger partial charge is 0.193 e. The highest BCUT2D eigenvalue weighted by Gasteiger charge is 2.29. The van der Waals surface area contributed by atoms with Crippen LogP contribution in [-0.4, -0.2) is 79.1 Å². The maximum absolute atomic E-state index is 13.9. The molecule has 31 heavy (non-hydrogen) atoms. The summed E-state index contributed by atoms with van der Waals surface area (Å²) in [6.45, 7) is 11.1. The van der Waals surface area contributed by atoms with E-state index in [4.69, 9.17) is 4.99 Å². The summed E-state index contributed by atoms with van der Waals surface area (Å²) in [5.74, 6) is 1.62. The molecule has 0 spiro atoms. The zero-order valence-corrected chi connectivity index (χ0v) is 21.0. The molecule has 172 valence electrons. The maximum atomic E-state index is 13.9. The van der Waals surface area contributed by atoms with Crippen LogP contribution in [0.2, 0.25) is 0 Å². The van der Waals surface area contributed by atoms with Gasteiger partial charge in [0.25, 0.3) is 0 Å². The molecule has 1 unspecified atom stereocenters. The van der Waals surface area contributed by atoms with Gasteiger partial charge in [0, 0.05) is 57.4 Å². The molecule has 1 aromatic rings. The van der Waals surface area contributed by atoms with E-state index in [9.17, 15) is 4.39 Å². The standard InChI is InChI=1S/C24H36FN5.HI/c1-2-26-24(30-16-11-22(19-30)29-12-5-6-13-29)27-17-20-9-14-28(15-10-20)18-21-7-3-4-8-23(21)25;/h3-8,20,22H,2,9-19H2,1H3,(H,26,27);1H. The van der Waals surface area contributed by atoms with Crippen molar-refractivity contribution in [3.63, 3.8) is 0 Å². The van der Waals surface area contributed by atoms with E-state index in [0.29, 0.717) is 18.5 Å². The highest BCUT2D eigenvalue weighted by atomic mass is 127. The molecule has 1 N–H and O–H groups in total. The second-order valence-electron chi connectivity index (χ2n) is 8.82. The second-order valence-corrected chi connectivity index (χ2v) is 8.82.